The second kappa shape index (κ2) is 9.50. The molecule has 202 valence electrons. The lowest BCUT2D eigenvalue weighted by atomic mass is 10.1. The number of aromatic nitrogens is 7. The lowest BCUT2D eigenvalue weighted by molar-refractivity contribution is -0.137. The fraction of sp³-hybridized carbons (Fsp3) is 0.0417. The zero-order valence-electron chi connectivity index (χ0n) is 19.6. The Morgan fingerprint density at radius 3 is 1.50 bits per heavy atom. The number of aromatic carboxylic acids is 2. The van der Waals surface area contributed by atoms with Crippen LogP contribution in [0.3, 0.4) is 0 Å². The third-order valence-electron chi connectivity index (χ3n) is 5.65. The molecule has 0 bridgehead atoms. The summed E-state index contributed by atoms with van der Waals surface area (Å²) in [5.41, 5.74) is -2.98. The van der Waals surface area contributed by atoms with Gasteiger partial charge in [-0.2, -0.15) is 13.2 Å². The van der Waals surface area contributed by atoms with Crippen molar-refractivity contribution in [2.75, 3.05) is 0 Å². The van der Waals surface area contributed by atoms with Gasteiger partial charge in [0.05, 0.1) is 29.3 Å². The number of alkyl halides is 3. The number of benzene rings is 2. The molecule has 0 fully saturated rings. The molecule has 0 aliphatic rings. The zero-order valence-corrected chi connectivity index (χ0v) is 19.6. The second-order valence-electron chi connectivity index (χ2n) is 8.18. The Morgan fingerprint density at radius 2 is 1.12 bits per heavy atom. The summed E-state index contributed by atoms with van der Waals surface area (Å²) >= 11 is 0. The van der Waals surface area contributed by atoms with E-state index in [2.05, 4.69) is 25.6 Å². The van der Waals surface area contributed by atoms with Gasteiger partial charge in [0.2, 0.25) is 0 Å². The Morgan fingerprint density at radius 1 is 0.700 bits per heavy atom. The summed E-state index contributed by atoms with van der Waals surface area (Å²) < 4.78 is 43.3. The van der Waals surface area contributed by atoms with Crippen molar-refractivity contribution in [3.8, 4) is 45.6 Å². The molecule has 13 nitrogen and oxygen atoms in total. The van der Waals surface area contributed by atoms with E-state index in [9.17, 15) is 43.2 Å². The van der Waals surface area contributed by atoms with Crippen LogP contribution in [0.1, 0.15) is 26.3 Å². The van der Waals surface area contributed by atoms with E-state index in [1.807, 2.05) is 0 Å². The second-order valence-corrected chi connectivity index (χ2v) is 8.18. The third-order valence-corrected chi connectivity index (χ3v) is 5.65. The normalized spacial score (nSPS) is 11.5. The number of rotatable bonds is 6. The molecule has 0 aliphatic carbocycles. The van der Waals surface area contributed by atoms with E-state index < -0.39 is 46.3 Å². The Bertz CT molecular complexity index is 1680. The maximum Gasteiger partial charge on any atom is 0.416 e. The van der Waals surface area contributed by atoms with Crippen LogP contribution in [-0.4, -0.2) is 67.3 Å². The summed E-state index contributed by atoms with van der Waals surface area (Å²) in [5, 5.41) is 54.2. The fourth-order valence-electron chi connectivity index (χ4n) is 3.73. The van der Waals surface area contributed by atoms with Crippen molar-refractivity contribution in [3.63, 3.8) is 0 Å². The minimum absolute atomic E-state index is 0.0859. The Kier molecular flexibility index (Phi) is 6.13. The van der Waals surface area contributed by atoms with Gasteiger partial charge in [-0.1, -0.05) is 22.6 Å². The first kappa shape index (κ1) is 25.8. The van der Waals surface area contributed by atoms with Gasteiger partial charge >= 0.3 is 18.1 Å². The predicted octanol–water partition coefficient (Wildman–Crippen LogP) is 3.40. The molecular weight excluding hydrogens is 539 g/mol. The van der Waals surface area contributed by atoms with Crippen molar-refractivity contribution < 1.29 is 43.2 Å². The molecule has 2 aromatic carbocycles. The summed E-state index contributed by atoms with van der Waals surface area (Å²) in [4.78, 5) is 26.8. The van der Waals surface area contributed by atoms with E-state index in [4.69, 9.17) is 0 Å². The summed E-state index contributed by atoms with van der Waals surface area (Å²) in [7, 11) is 0. The predicted molar refractivity (Wildman–Crippen MR) is 127 cm³/mol. The number of carboxylic acid groups (broad SMARTS) is 2. The van der Waals surface area contributed by atoms with Crippen molar-refractivity contribution in [2.24, 2.45) is 0 Å². The zero-order chi connectivity index (χ0) is 28.8. The molecule has 0 spiro atoms. The van der Waals surface area contributed by atoms with E-state index in [-0.39, 0.29) is 34.2 Å². The van der Waals surface area contributed by atoms with E-state index >= 15 is 0 Å². The molecule has 4 N–H and O–H groups in total. The topological polar surface area (TPSA) is 189 Å². The largest absolute Gasteiger partial charge is 0.505 e. The van der Waals surface area contributed by atoms with E-state index in [1.165, 1.54) is 24.3 Å². The molecule has 0 atom stereocenters. The average molecular weight is 553 g/mol. The highest BCUT2D eigenvalue weighted by molar-refractivity contribution is 5.92. The highest BCUT2D eigenvalue weighted by Crippen LogP contribution is 2.35. The Hall–Kier alpha value is -5.80. The highest BCUT2D eigenvalue weighted by Gasteiger charge is 2.32. The third kappa shape index (κ3) is 4.64. The lowest BCUT2D eigenvalue weighted by Gasteiger charge is -2.09. The summed E-state index contributed by atoms with van der Waals surface area (Å²) in [6.07, 6.45) is -2.50. The smallest absolute Gasteiger partial charge is 0.416 e. The number of phenols is 2. The number of pyridine rings is 1. The van der Waals surface area contributed by atoms with Gasteiger partial charge in [0.25, 0.3) is 0 Å². The lowest BCUT2D eigenvalue weighted by Crippen LogP contribution is -2.06. The molecular formula is C24H14F3N7O6. The monoisotopic (exact) mass is 553 g/mol. The number of hydrogen-bond acceptors (Lipinski definition) is 9. The summed E-state index contributed by atoms with van der Waals surface area (Å²) in [6, 6.07) is 9.10. The molecule has 0 radical (unpaired) electrons. The van der Waals surface area contributed by atoms with E-state index in [0.717, 1.165) is 46.0 Å². The van der Waals surface area contributed by atoms with Crippen LogP contribution in [0, 0.1) is 0 Å². The molecule has 0 saturated carbocycles. The number of carboxylic acids is 2. The SMILES string of the molecule is O=C(O)c1cccc(-n2cc(-c3cc(C(F)(F)F)cc(-c4cn(-c5cccc(C(=O)O)c5O)nn4)n3)nn2)c1O. The van der Waals surface area contributed by atoms with Crippen molar-refractivity contribution in [1.29, 1.82) is 0 Å². The van der Waals surface area contributed by atoms with Crippen LogP contribution in [0.2, 0.25) is 0 Å². The molecule has 40 heavy (non-hydrogen) atoms. The van der Waals surface area contributed by atoms with Gasteiger partial charge in [0.15, 0.2) is 11.5 Å². The Labute approximate surface area is 220 Å². The number of hydrogen-bond donors (Lipinski definition) is 4. The molecule has 0 aliphatic heterocycles. The fourth-order valence-corrected chi connectivity index (χ4v) is 3.73. The number of aromatic hydroxyl groups is 2. The average Bonchev–Trinajstić information content (AvgIpc) is 3.59. The number of carbonyl (C=O) groups is 2. The van der Waals surface area contributed by atoms with Crippen molar-refractivity contribution in [3.05, 3.63) is 77.6 Å². The highest BCUT2D eigenvalue weighted by atomic mass is 19.4. The maximum absolute atomic E-state index is 13.8. The minimum atomic E-state index is -4.80. The number of para-hydroxylation sites is 2. The molecule has 16 heteroatoms. The van der Waals surface area contributed by atoms with Gasteiger partial charge in [-0.3, -0.25) is 0 Å². The molecule has 3 heterocycles. The van der Waals surface area contributed by atoms with Crippen LogP contribution in [0.15, 0.2) is 60.9 Å². The first-order valence-electron chi connectivity index (χ1n) is 11.0. The van der Waals surface area contributed by atoms with Gasteiger partial charge in [-0.25, -0.2) is 23.9 Å². The van der Waals surface area contributed by atoms with E-state index in [0.29, 0.717) is 0 Å². The van der Waals surface area contributed by atoms with Crippen molar-refractivity contribution in [1.82, 2.24) is 35.0 Å². The molecule has 0 unspecified atom stereocenters. The van der Waals surface area contributed by atoms with Gasteiger partial charge in [-0.15, -0.1) is 10.2 Å². The van der Waals surface area contributed by atoms with Gasteiger partial charge in [0, 0.05) is 0 Å². The maximum atomic E-state index is 13.8. The summed E-state index contributed by atoms with van der Waals surface area (Å²) in [5.74, 6) is -4.06. The standard InChI is InChI=1S/C24H14F3N7O6/c25-24(26,27)11-7-14(16-9-33(31-29-16)18-5-1-3-12(20(18)35)22(37)38)28-15(8-11)17-10-34(32-30-17)19-6-2-4-13(21(19)36)23(39)40/h1-10,35-36H,(H,37,38)(H,39,40). The molecule has 3 aromatic heterocycles. The number of halogens is 3. The van der Waals surface area contributed by atoms with Gasteiger partial charge in [0.1, 0.15) is 33.9 Å². The first-order valence-corrected chi connectivity index (χ1v) is 11.0. The first-order chi connectivity index (χ1) is 18.9. The quantitative estimate of drug-likeness (QED) is 0.241. The Balaban J connectivity index is 1.58. The van der Waals surface area contributed by atoms with E-state index in [1.54, 1.807) is 0 Å². The van der Waals surface area contributed by atoms with Crippen LogP contribution in [-0.2, 0) is 6.18 Å². The van der Waals surface area contributed by atoms with Crippen LogP contribution < -0.4 is 0 Å². The van der Waals surface area contributed by atoms with Gasteiger partial charge < -0.3 is 20.4 Å². The minimum Gasteiger partial charge on any atom is -0.505 e. The van der Waals surface area contributed by atoms with Crippen LogP contribution >= 0.6 is 0 Å². The van der Waals surface area contributed by atoms with Crippen LogP contribution in [0.25, 0.3) is 34.2 Å². The van der Waals surface area contributed by atoms with Crippen LogP contribution in [0.5, 0.6) is 11.5 Å². The van der Waals surface area contributed by atoms with Crippen molar-refractivity contribution >= 4 is 11.9 Å². The van der Waals surface area contributed by atoms with Crippen LogP contribution in [0.4, 0.5) is 13.2 Å². The van der Waals surface area contributed by atoms with Gasteiger partial charge in [-0.05, 0) is 36.4 Å². The summed E-state index contributed by atoms with van der Waals surface area (Å²) in [6.45, 7) is 0. The number of nitrogens with zero attached hydrogens (tertiary/aromatic N) is 7. The van der Waals surface area contributed by atoms with Crippen molar-refractivity contribution in [2.45, 2.75) is 6.18 Å². The molecule has 5 rings (SSSR count). The molecule has 0 amide bonds. The molecule has 0 saturated heterocycles. The molecule has 5 aromatic rings.